The summed E-state index contributed by atoms with van der Waals surface area (Å²) < 4.78 is 9.38. The van der Waals surface area contributed by atoms with Gasteiger partial charge >= 0.3 is 0 Å². The molecule has 0 radical (unpaired) electrons. The van der Waals surface area contributed by atoms with Crippen LogP contribution in [0, 0.1) is 0 Å². The van der Waals surface area contributed by atoms with Crippen molar-refractivity contribution in [1.82, 2.24) is 29.4 Å². The molecule has 0 atom stereocenters. The van der Waals surface area contributed by atoms with Gasteiger partial charge in [0, 0.05) is 19.2 Å². The fourth-order valence-electron chi connectivity index (χ4n) is 3.15. The van der Waals surface area contributed by atoms with Crippen molar-refractivity contribution in [2.75, 3.05) is 6.61 Å². The van der Waals surface area contributed by atoms with Gasteiger partial charge in [-0.2, -0.15) is 9.67 Å². The summed E-state index contributed by atoms with van der Waals surface area (Å²) in [6.45, 7) is 0.515. The van der Waals surface area contributed by atoms with E-state index in [1.165, 1.54) is 12.8 Å². The minimum absolute atomic E-state index is 0.120. The second-order valence-corrected chi connectivity index (χ2v) is 6.32. The summed E-state index contributed by atoms with van der Waals surface area (Å²) in [6.07, 6.45) is 8.08. The molecule has 1 aliphatic carbocycles. The molecule has 25 heavy (non-hydrogen) atoms. The number of aromatic nitrogens is 6. The van der Waals surface area contributed by atoms with Crippen molar-refractivity contribution in [2.24, 2.45) is 0 Å². The first-order chi connectivity index (χ1) is 12.3. The summed E-state index contributed by atoms with van der Waals surface area (Å²) in [5.41, 5.74) is 0.757. The van der Waals surface area contributed by atoms with Crippen LogP contribution in [0.15, 0.2) is 24.4 Å². The number of fused-ring (bicyclic) bond motifs is 1. The van der Waals surface area contributed by atoms with Gasteiger partial charge in [0.2, 0.25) is 0 Å². The van der Waals surface area contributed by atoms with Crippen LogP contribution in [0.2, 0.25) is 0 Å². The van der Waals surface area contributed by atoms with Crippen molar-refractivity contribution in [3.8, 4) is 5.95 Å². The monoisotopic (exact) mass is 342 g/mol. The van der Waals surface area contributed by atoms with E-state index in [0.29, 0.717) is 43.1 Å². The predicted octanol–water partition coefficient (Wildman–Crippen LogP) is 1.69. The van der Waals surface area contributed by atoms with E-state index in [1.807, 2.05) is 24.4 Å². The van der Waals surface area contributed by atoms with Crippen molar-refractivity contribution in [1.29, 1.82) is 0 Å². The Balaban J connectivity index is 1.62. The fourth-order valence-corrected chi connectivity index (χ4v) is 3.15. The van der Waals surface area contributed by atoms with E-state index < -0.39 is 0 Å². The van der Waals surface area contributed by atoms with Crippen LogP contribution in [0.4, 0.5) is 0 Å². The standard InChI is InChI=1S/C17H22N6O2/c24-11-5-8-14-18-16(12-25-13-6-1-2-7-13)23(20-14)17-19-15-9-3-4-10-22(15)21-17/h3-4,9-10,13,24H,1-2,5-8,11-12H2. The van der Waals surface area contributed by atoms with E-state index in [1.54, 1.807) is 9.20 Å². The highest BCUT2D eigenvalue weighted by Crippen LogP contribution is 2.22. The predicted molar refractivity (Wildman–Crippen MR) is 90.4 cm³/mol. The molecule has 0 amide bonds. The van der Waals surface area contributed by atoms with Gasteiger partial charge < -0.3 is 9.84 Å². The molecular formula is C17H22N6O2. The van der Waals surface area contributed by atoms with Crippen molar-refractivity contribution in [3.63, 3.8) is 0 Å². The van der Waals surface area contributed by atoms with Crippen LogP contribution < -0.4 is 0 Å². The lowest BCUT2D eigenvalue weighted by Crippen LogP contribution is -2.12. The SMILES string of the molecule is OCCCc1nc(COC2CCCC2)n(-c2nc3ccccn3n2)n1. The molecule has 0 aromatic carbocycles. The second kappa shape index (κ2) is 7.28. The van der Waals surface area contributed by atoms with E-state index in [0.717, 1.165) is 18.5 Å². The quantitative estimate of drug-likeness (QED) is 0.703. The summed E-state index contributed by atoms with van der Waals surface area (Å²) in [6, 6.07) is 5.73. The number of hydrogen-bond acceptors (Lipinski definition) is 6. The molecule has 1 aliphatic rings. The minimum atomic E-state index is 0.120. The molecule has 1 N–H and O–H groups in total. The maximum Gasteiger partial charge on any atom is 0.272 e. The van der Waals surface area contributed by atoms with Gasteiger partial charge in [-0.1, -0.05) is 18.9 Å². The first-order valence-corrected chi connectivity index (χ1v) is 8.82. The highest BCUT2D eigenvalue weighted by atomic mass is 16.5. The molecule has 8 nitrogen and oxygen atoms in total. The van der Waals surface area contributed by atoms with E-state index in [4.69, 9.17) is 9.84 Å². The number of nitrogens with zero attached hydrogens (tertiary/aromatic N) is 6. The van der Waals surface area contributed by atoms with Crippen LogP contribution in [0.1, 0.15) is 43.8 Å². The lowest BCUT2D eigenvalue weighted by molar-refractivity contribution is 0.0406. The van der Waals surface area contributed by atoms with Crippen LogP contribution >= 0.6 is 0 Å². The molecule has 0 spiro atoms. The Morgan fingerprint density at radius 2 is 2.04 bits per heavy atom. The Hall–Kier alpha value is -2.32. The zero-order chi connectivity index (χ0) is 17.1. The zero-order valence-electron chi connectivity index (χ0n) is 14.1. The van der Waals surface area contributed by atoms with Gasteiger partial charge in [-0.3, -0.25) is 0 Å². The summed E-state index contributed by atoms with van der Waals surface area (Å²) in [5.74, 6) is 1.87. The molecule has 1 fully saturated rings. The summed E-state index contributed by atoms with van der Waals surface area (Å²) in [5, 5.41) is 18.1. The number of aryl methyl sites for hydroxylation is 1. The Morgan fingerprint density at radius 1 is 1.16 bits per heavy atom. The van der Waals surface area contributed by atoms with Gasteiger partial charge in [0.05, 0.1) is 6.10 Å². The lowest BCUT2D eigenvalue weighted by atomic mass is 10.3. The maximum absolute atomic E-state index is 9.05. The Labute approximate surface area is 145 Å². The number of aliphatic hydroxyl groups is 1. The van der Waals surface area contributed by atoms with Crippen LogP contribution in [-0.2, 0) is 17.8 Å². The molecular weight excluding hydrogens is 320 g/mol. The molecule has 132 valence electrons. The number of aliphatic hydroxyl groups excluding tert-OH is 1. The van der Waals surface area contributed by atoms with E-state index in [2.05, 4.69) is 20.2 Å². The first-order valence-electron chi connectivity index (χ1n) is 8.82. The third-order valence-corrected chi connectivity index (χ3v) is 4.45. The topological polar surface area (TPSA) is 90.4 Å². The molecule has 3 heterocycles. The molecule has 0 aliphatic heterocycles. The van der Waals surface area contributed by atoms with Gasteiger partial charge in [-0.05, 0) is 31.4 Å². The summed E-state index contributed by atoms with van der Waals surface area (Å²) in [4.78, 5) is 9.11. The van der Waals surface area contributed by atoms with Gasteiger partial charge in [0.25, 0.3) is 5.95 Å². The zero-order valence-corrected chi connectivity index (χ0v) is 14.1. The molecule has 8 heteroatoms. The normalized spacial score (nSPS) is 15.4. The third kappa shape index (κ3) is 3.54. The Kier molecular flexibility index (Phi) is 4.71. The third-order valence-electron chi connectivity index (χ3n) is 4.45. The van der Waals surface area contributed by atoms with Crippen LogP contribution in [-0.4, -0.2) is 47.2 Å². The maximum atomic E-state index is 9.05. The van der Waals surface area contributed by atoms with Gasteiger partial charge in [0.15, 0.2) is 17.3 Å². The van der Waals surface area contributed by atoms with Gasteiger partial charge in [-0.15, -0.1) is 10.2 Å². The molecule has 3 aromatic heterocycles. The number of pyridine rings is 1. The number of ether oxygens (including phenoxy) is 1. The summed E-state index contributed by atoms with van der Waals surface area (Å²) >= 11 is 0. The van der Waals surface area contributed by atoms with Crippen molar-refractivity contribution in [3.05, 3.63) is 36.0 Å². The van der Waals surface area contributed by atoms with E-state index in [9.17, 15) is 0 Å². The average Bonchev–Trinajstić information content (AvgIpc) is 3.36. The van der Waals surface area contributed by atoms with E-state index in [-0.39, 0.29) is 6.61 Å². The van der Waals surface area contributed by atoms with Gasteiger partial charge in [0.1, 0.15) is 6.61 Å². The minimum Gasteiger partial charge on any atom is -0.396 e. The first kappa shape index (κ1) is 16.2. The summed E-state index contributed by atoms with van der Waals surface area (Å²) in [7, 11) is 0. The fraction of sp³-hybridized carbons (Fsp3) is 0.529. The lowest BCUT2D eigenvalue weighted by Gasteiger charge is -2.10. The highest BCUT2D eigenvalue weighted by molar-refractivity contribution is 5.39. The largest absolute Gasteiger partial charge is 0.396 e. The molecule has 0 bridgehead atoms. The number of hydrogen-bond donors (Lipinski definition) is 1. The average molecular weight is 342 g/mol. The van der Waals surface area contributed by atoms with Gasteiger partial charge in [-0.25, -0.2) is 9.50 Å². The van der Waals surface area contributed by atoms with Crippen molar-refractivity contribution < 1.29 is 9.84 Å². The van der Waals surface area contributed by atoms with E-state index >= 15 is 0 Å². The smallest absolute Gasteiger partial charge is 0.272 e. The van der Waals surface area contributed by atoms with Crippen molar-refractivity contribution >= 4 is 5.65 Å². The molecule has 3 aromatic rings. The molecule has 0 unspecified atom stereocenters. The van der Waals surface area contributed by atoms with Crippen LogP contribution in [0.5, 0.6) is 0 Å². The molecule has 4 rings (SSSR count). The molecule has 1 saturated carbocycles. The second-order valence-electron chi connectivity index (χ2n) is 6.32. The molecule has 0 saturated heterocycles. The van der Waals surface area contributed by atoms with Crippen LogP contribution in [0.3, 0.4) is 0 Å². The highest BCUT2D eigenvalue weighted by Gasteiger charge is 2.19. The van der Waals surface area contributed by atoms with Crippen LogP contribution in [0.25, 0.3) is 11.6 Å². The van der Waals surface area contributed by atoms with Crippen molar-refractivity contribution in [2.45, 2.75) is 51.2 Å². The number of rotatable bonds is 7. The Bertz CT molecular complexity index is 804. The Morgan fingerprint density at radius 3 is 2.84 bits per heavy atom.